The molecule has 0 aromatic carbocycles. The van der Waals surface area contributed by atoms with Crippen LogP contribution in [0, 0.1) is 5.92 Å². The summed E-state index contributed by atoms with van der Waals surface area (Å²) < 4.78 is 0. The highest BCUT2D eigenvalue weighted by molar-refractivity contribution is 7.98. The van der Waals surface area contributed by atoms with Gasteiger partial charge in [0.15, 0.2) is 0 Å². The Hall–Kier alpha value is -1.30. The lowest BCUT2D eigenvalue weighted by Crippen LogP contribution is -2.39. The van der Waals surface area contributed by atoms with Crippen molar-refractivity contribution in [3.8, 4) is 0 Å². The number of nitrogens with zero attached hydrogens (tertiary/aromatic N) is 3. The molecule has 0 saturated carbocycles. The third-order valence-corrected chi connectivity index (χ3v) is 3.73. The van der Waals surface area contributed by atoms with Crippen molar-refractivity contribution in [1.82, 2.24) is 9.97 Å². The van der Waals surface area contributed by atoms with Crippen molar-refractivity contribution in [2.45, 2.75) is 24.4 Å². The minimum absolute atomic E-state index is 0.153. The summed E-state index contributed by atoms with van der Waals surface area (Å²) in [6.45, 7) is 2.71. The Kier molecular flexibility index (Phi) is 3.51. The third-order valence-electron chi connectivity index (χ3n) is 3.08. The first kappa shape index (κ1) is 12.2. The SMILES string of the molecule is CSc1cc(N2CCC(C)C2C(=O)O)ncn1. The van der Waals surface area contributed by atoms with Crippen LogP contribution in [0.1, 0.15) is 13.3 Å². The number of carboxylic acid groups (broad SMARTS) is 1. The predicted octanol–water partition coefficient (Wildman–Crippen LogP) is 1.50. The highest BCUT2D eigenvalue weighted by Crippen LogP contribution is 2.29. The molecule has 1 aromatic heterocycles. The van der Waals surface area contributed by atoms with Crippen molar-refractivity contribution in [3.05, 3.63) is 12.4 Å². The van der Waals surface area contributed by atoms with Gasteiger partial charge in [-0.25, -0.2) is 14.8 Å². The van der Waals surface area contributed by atoms with Gasteiger partial charge in [0, 0.05) is 12.6 Å². The van der Waals surface area contributed by atoms with Gasteiger partial charge >= 0.3 is 5.97 Å². The van der Waals surface area contributed by atoms with Crippen molar-refractivity contribution in [3.63, 3.8) is 0 Å². The minimum Gasteiger partial charge on any atom is -0.480 e. The molecule has 0 amide bonds. The molecule has 1 aromatic rings. The van der Waals surface area contributed by atoms with E-state index in [1.54, 1.807) is 0 Å². The number of rotatable bonds is 3. The molecular weight excluding hydrogens is 238 g/mol. The van der Waals surface area contributed by atoms with E-state index in [2.05, 4.69) is 9.97 Å². The van der Waals surface area contributed by atoms with E-state index in [9.17, 15) is 9.90 Å². The number of hydrogen-bond donors (Lipinski definition) is 1. The maximum Gasteiger partial charge on any atom is 0.326 e. The monoisotopic (exact) mass is 253 g/mol. The number of anilines is 1. The van der Waals surface area contributed by atoms with Gasteiger partial charge in [0.25, 0.3) is 0 Å². The Labute approximate surface area is 104 Å². The van der Waals surface area contributed by atoms with Gasteiger partial charge in [0.05, 0.1) is 0 Å². The zero-order chi connectivity index (χ0) is 12.4. The fourth-order valence-electron chi connectivity index (χ4n) is 2.18. The molecule has 2 unspecified atom stereocenters. The van der Waals surface area contributed by atoms with Gasteiger partial charge in [-0.1, -0.05) is 6.92 Å². The molecule has 0 bridgehead atoms. The highest BCUT2D eigenvalue weighted by atomic mass is 32.2. The van der Waals surface area contributed by atoms with Crippen LogP contribution >= 0.6 is 11.8 Å². The van der Waals surface area contributed by atoms with E-state index in [1.165, 1.54) is 18.1 Å². The zero-order valence-corrected chi connectivity index (χ0v) is 10.6. The lowest BCUT2D eigenvalue weighted by atomic mass is 10.0. The number of carbonyl (C=O) groups is 1. The van der Waals surface area contributed by atoms with E-state index < -0.39 is 12.0 Å². The van der Waals surface area contributed by atoms with E-state index in [0.29, 0.717) is 5.82 Å². The molecule has 2 rings (SSSR count). The van der Waals surface area contributed by atoms with Gasteiger partial charge < -0.3 is 10.0 Å². The average Bonchev–Trinajstić information content (AvgIpc) is 2.71. The number of thioether (sulfide) groups is 1. The fraction of sp³-hybridized carbons (Fsp3) is 0.545. The zero-order valence-electron chi connectivity index (χ0n) is 9.83. The largest absolute Gasteiger partial charge is 0.480 e. The summed E-state index contributed by atoms with van der Waals surface area (Å²) in [5.74, 6) is 0.0839. The van der Waals surface area contributed by atoms with Crippen LogP contribution in [-0.4, -0.2) is 39.9 Å². The number of aromatic nitrogens is 2. The molecule has 17 heavy (non-hydrogen) atoms. The number of aliphatic carboxylic acids is 1. The van der Waals surface area contributed by atoms with Crippen LogP contribution in [0.3, 0.4) is 0 Å². The van der Waals surface area contributed by atoms with Crippen molar-refractivity contribution in [2.24, 2.45) is 5.92 Å². The Morgan fingerprint density at radius 2 is 2.35 bits per heavy atom. The lowest BCUT2D eigenvalue weighted by molar-refractivity contribution is -0.139. The van der Waals surface area contributed by atoms with Crippen molar-refractivity contribution in [2.75, 3.05) is 17.7 Å². The Balaban J connectivity index is 2.29. The second-order valence-corrected chi connectivity index (χ2v) is 4.99. The molecule has 6 heteroatoms. The van der Waals surface area contributed by atoms with Crippen LogP contribution in [0.4, 0.5) is 5.82 Å². The van der Waals surface area contributed by atoms with Gasteiger partial charge in [0.2, 0.25) is 0 Å². The van der Waals surface area contributed by atoms with Crippen molar-refractivity contribution in [1.29, 1.82) is 0 Å². The van der Waals surface area contributed by atoms with Crippen molar-refractivity contribution < 1.29 is 9.90 Å². The summed E-state index contributed by atoms with van der Waals surface area (Å²) in [4.78, 5) is 21.4. The number of hydrogen-bond acceptors (Lipinski definition) is 5. The summed E-state index contributed by atoms with van der Waals surface area (Å²) in [5.41, 5.74) is 0. The Morgan fingerprint density at radius 1 is 1.59 bits per heavy atom. The normalized spacial score (nSPS) is 24.0. The summed E-state index contributed by atoms with van der Waals surface area (Å²) >= 11 is 1.53. The first-order chi connectivity index (χ1) is 8.13. The van der Waals surface area contributed by atoms with Gasteiger partial charge in [-0.05, 0) is 18.6 Å². The predicted molar refractivity (Wildman–Crippen MR) is 66.4 cm³/mol. The molecule has 2 heterocycles. The minimum atomic E-state index is -0.778. The molecular formula is C11H15N3O2S. The Morgan fingerprint density at radius 3 is 3.00 bits per heavy atom. The van der Waals surface area contributed by atoms with E-state index in [-0.39, 0.29) is 5.92 Å². The molecule has 0 spiro atoms. The number of carboxylic acids is 1. The average molecular weight is 253 g/mol. The van der Waals surface area contributed by atoms with Crippen LogP contribution in [-0.2, 0) is 4.79 Å². The summed E-state index contributed by atoms with van der Waals surface area (Å²) in [6.07, 6.45) is 4.31. The van der Waals surface area contributed by atoms with Gasteiger partial charge in [-0.3, -0.25) is 0 Å². The smallest absolute Gasteiger partial charge is 0.326 e. The maximum atomic E-state index is 11.3. The molecule has 1 aliphatic heterocycles. The van der Waals surface area contributed by atoms with Crippen LogP contribution in [0.2, 0.25) is 0 Å². The van der Waals surface area contributed by atoms with Gasteiger partial charge in [0.1, 0.15) is 23.2 Å². The molecule has 2 atom stereocenters. The first-order valence-electron chi connectivity index (χ1n) is 5.49. The molecule has 1 saturated heterocycles. The fourth-order valence-corrected chi connectivity index (χ4v) is 2.56. The van der Waals surface area contributed by atoms with Crippen LogP contribution < -0.4 is 4.90 Å². The molecule has 1 N–H and O–H groups in total. The molecule has 1 fully saturated rings. The van der Waals surface area contributed by atoms with Gasteiger partial charge in [-0.15, -0.1) is 11.8 Å². The standard InChI is InChI=1S/C11H15N3O2S/c1-7-3-4-14(10(7)11(15)16)8-5-9(17-2)13-6-12-8/h5-7,10H,3-4H2,1-2H3,(H,15,16). The summed E-state index contributed by atoms with van der Waals surface area (Å²) in [6, 6.07) is 1.37. The third kappa shape index (κ3) is 2.36. The van der Waals surface area contributed by atoms with E-state index in [1.807, 2.05) is 24.1 Å². The van der Waals surface area contributed by atoms with Gasteiger partial charge in [-0.2, -0.15) is 0 Å². The van der Waals surface area contributed by atoms with Crippen LogP contribution in [0.25, 0.3) is 0 Å². The van der Waals surface area contributed by atoms with Crippen LogP contribution in [0.15, 0.2) is 17.4 Å². The summed E-state index contributed by atoms with van der Waals surface area (Å²) in [5, 5.41) is 10.1. The van der Waals surface area contributed by atoms with E-state index >= 15 is 0 Å². The molecule has 92 valence electrons. The molecule has 0 radical (unpaired) electrons. The topological polar surface area (TPSA) is 66.3 Å². The second-order valence-electron chi connectivity index (χ2n) is 4.16. The molecule has 0 aliphatic carbocycles. The Bertz CT molecular complexity index is 427. The highest BCUT2D eigenvalue weighted by Gasteiger charge is 2.37. The van der Waals surface area contributed by atoms with Crippen LogP contribution in [0.5, 0.6) is 0 Å². The maximum absolute atomic E-state index is 11.3. The summed E-state index contributed by atoms with van der Waals surface area (Å²) in [7, 11) is 0. The second kappa shape index (κ2) is 4.91. The molecule has 5 nitrogen and oxygen atoms in total. The first-order valence-corrected chi connectivity index (χ1v) is 6.71. The molecule has 1 aliphatic rings. The quantitative estimate of drug-likeness (QED) is 0.650. The lowest BCUT2D eigenvalue weighted by Gasteiger charge is -2.24. The van der Waals surface area contributed by atoms with E-state index in [0.717, 1.165) is 18.0 Å². The van der Waals surface area contributed by atoms with E-state index in [4.69, 9.17) is 0 Å². The van der Waals surface area contributed by atoms with Crippen molar-refractivity contribution >= 4 is 23.5 Å².